The molecule has 0 aromatic heterocycles. The first-order valence-corrected chi connectivity index (χ1v) is 10.4. The SMILES string of the molecule is COc1c(Cl)c2c(c(Cl)c1OC)C(c1ccc(S(=O)(=O)O)cc1)CNCC2. The van der Waals surface area contributed by atoms with Crippen LogP contribution in [0.1, 0.15) is 22.6 Å². The molecule has 9 heteroatoms. The number of hydrogen-bond donors (Lipinski definition) is 2. The van der Waals surface area contributed by atoms with Crippen LogP contribution in [0.2, 0.25) is 10.0 Å². The Bertz CT molecular complexity index is 961. The Kier molecular flexibility index (Phi) is 5.88. The van der Waals surface area contributed by atoms with Gasteiger partial charge in [0, 0.05) is 12.5 Å². The quantitative estimate of drug-likeness (QED) is 0.720. The van der Waals surface area contributed by atoms with Crippen molar-refractivity contribution in [1.29, 1.82) is 0 Å². The second kappa shape index (κ2) is 7.85. The van der Waals surface area contributed by atoms with Gasteiger partial charge in [-0.15, -0.1) is 0 Å². The first-order chi connectivity index (χ1) is 12.8. The molecule has 2 aromatic carbocycles. The maximum absolute atomic E-state index is 11.3. The number of rotatable bonds is 4. The van der Waals surface area contributed by atoms with E-state index in [0.29, 0.717) is 41.1 Å². The maximum atomic E-state index is 11.3. The lowest BCUT2D eigenvalue weighted by Gasteiger charge is -2.24. The minimum absolute atomic E-state index is 0.163. The molecule has 6 nitrogen and oxygen atoms in total. The van der Waals surface area contributed by atoms with Crippen molar-refractivity contribution < 1.29 is 22.4 Å². The molecule has 0 radical (unpaired) electrons. The smallest absolute Gasteiger partial charge is 0.294 e. The van der Waals surface area contributed by atoms with Gasteiger partial charge in [0.15, 0.2) is 11.5 Å². The molecule has 1 unspecified atom stereocenters. The van der Waals surface area contributed by atoms with Crippen molar-refractivity contribution in [2.45, 2.75) is 17.2 Å². The second-order valence-corrected chi connectivity index (χ2v) is 8.31. The van der Waals surface area contributed by atoms with Gasteiger partial charge in [-0.1, -0.05) is 35.3 Å². The number of fused-ring (bicyclic) bond motifs is 1. The van der Waals surface area contributed by atoms with Crippen molar-refractivity contribution in [2.24, 2.45) is 0 Å². The fourth-order valence-corrected chi connectivity index (χ4v) is 4.65. The summed E-state index contributed by atoms with van der Waals surface area (Å²) >= 11 is 13.3. The molecule has 0 saturated carbocycles. The molecule has 0 bridgehead atoms. The summed E-state index contributed by atoms with van der Waals surface area (Å²) < 4.78 is 42.6. The van der Waals surface area contributed by atoms with Gasteiger partial charge in [-0.3, -0.25) is 4.55 Å². The summed E-state index contributed by atoms with van der Waals surface area (Å²) in [5.74, 6) is 0.581. The molecule has 3 rings (SSSR count). The van der Waals surface area contributed by atoms with Gasteiger partial charge < -0.3 is 14.8 Å². The van der Waals surface area contributed by atoms with E-state index in [1.54, 1.807) is 12.1 Å². The highest BCUT2D eigenvalue weighted by Gasteiger charge is 2.30. The van der Waals surface area contributed by atoms with Gasteiger partial charge in [0.25, 0.3) is 10.1 Å². The molecule has 0 amide bonds. The maximum Gasteiger partial charge on any atom is 0.294 e. The number of halogens is 2. The van der Waals surface area contributed by atoms with Crippen molar-refractivity contribution in [2.75, 3.05) is 27.3 Å². The summed E-state index contributed by atoms with van der Waals surface area (Å²) in [7, 11) is -1.25. The van der Waals surface area contributed by atoms with Gasteiger partial charge in [0.05, 0.1) is 29.2 Å². The number of methoxy groups -OCH3 is 2. The number of ether oxygens (including phenoxy) is 2. The summed E-state index contributed by atoms with van der Waals surface area (Å²) in [5.41, 5.74) is 2.53. The lowest BCUT2D eigenvalue weighted by Crippen LogP contribution is -2.21. The van der Waals surface area contributed by atoms with E-state index in [1.165, 1.54) is 26.4 Å². The molecule has 1 aliphatic heterocycles. The highest BCUT2D eigenvalue weighted by molar-refractivity contribution is 7.85. The lowest BCUT2D eigenvalue weighted by molar-refractivity contribution is 0.354. The average molecular weight is 432 g/mol. The molecule has 0 fully saturated rings. The van der Waals surface area contributed by atoms with Gasteiger partial charge in [-0.25, -0.2) is 0 Å². The molecule has 1 heterocycles. The fourth-order valence-electron chi connectivity index (χ4n) is 3.40. The monoisotopic (exact) mass is 431 g/mol. The summed E-state index contributed by atoms with van der Waals surface area (Å²) in [6, 6.07) is 6.05. The van der Waals surface area contributed by atoms with Gasteiger partial charge >= 0.3 is 0 Å². The van der Waals surface area contributed by atoms with Crippen LogP contribution in [-0.2, 0) is 16.5 Å². The van der Waals surface area contributed by atoms with Crippen LogP contribution >= 0.6 is 23.2 Å². The molecule has 0 aliphatic carbocycles. The summed E-state index contributed by atoms with van der Waals surface area (Å²) in [4.78, 5) is -0.163. The molecule has 2 N–H and O–H groups in total. The Morgan fingerprint density at radius 2 is 1.67 bits per heavy atom. The number of nitrogens with one attached hydrogen (secondary N) is 1. The van der Waals surface area contributed by atoms with Crippen LogP contribution < -0.4 is 14.8 Å². The van der Waals surface area contributed by atoms with Crippen LogP contribution in [0.25, 0.3) is 0 Å². The molecule has 1 atom stereocenters. The summed E-state index contributed by atoms with van der Waals surface area (Å²) in [6.45, 7) is 1.29. The Balaban J connectivity index is 2.19. The van der Waals surface area contributed by atoms with E-state index in [0.717, 1.165) is 16.7 Å². The van der Waals surface area contributed by atoms with Crippen molar-refractivity contribution in [3.05, 3.63) is 51.0 Å². The molecule has 0 saturated heterocycles. The van der Waals surface area contributed by atoms with E-state index in [2.05, 4.69) is 5.32 Å². The van der Waals surface area contributed by atoms with Gasteiger partial charge in [-0.05, 0) is 41.8 Å². The van der Waals surface area contributed by atoms with E-state index in [1.807, 2.05) is 0 Å². The van der Waals surface area contributed by atoms with Crippen molar-refractivity contribution in [1.82, 2.24) is 5.32 Å². The van der Waals surface area contributed by atoms with Crippen LogP contribution in [0.15, 0.2) is 29.2 Å². The lowest BCUT2D eigenvalue weighted by atomic mass is 9.87. The predicted octanol–water partition coefficient (Wildman–Crippen LogP) is 3.53. The minimum Gasteiger partial charge on any atom is -0.491 e. The normalized spacial score (nSPS) is 17.1. The number of benzene rings is 2. The van der Waals surface area contributed by atoms with Gasteiger partial charge in [-0.2, -0.15) is 8.42 Å². The van der Waals surface area contributed by atoms with Crippen molar-refractivity contribution in [3.63, 3.8) is 0 Å². The molecular weight excluding hydrogens is 413 g/mol. The molecule has 1 aliphatic rings. The fraction of sp³-hybridized carbons (Fsp3) is 0.333. The zero-order chi connectivity index (χ0) is 19.8. The van der Waals surface area contributed by atoms with E-state index in [-0.39, 0.29) is 10.8 Å². The van der Waals surface area contributed by atoms with Crippen molar-refractivity contribution >= 4 is 33.3 Å². The standard InChI is InChI=1S/C18H19Cl2NO5S/c1-25-17-15(19)12-7-8-21-9-13(14(12)16(20)18(17)26-2)10-3-5-11(6-4-10)27(22,23)24/h3-6,13,21H,7-9H2,1-2H3,(H,22,23,24). The minimum atomic E-state index is -4.25. The van der Waals surface area contributed by atoms with Crippen LogP contribution in [-0.4, -0.2) is 40.3 Å². The zero-order valence-corrected chi connectivity index (χ0v) is 17.1. The Morgan fingerprint density at radius 1 is 1.07 bits per heavy atom. The van der Waals surface area contributed by atoms with Gasteiger partial charge in [0.1, 0.15) is 0 Å². The van der Waals surface area contributed by atoms with E-state index >= 15 is 0 Å². The van der Waals surface area contributed by atoms with E-state index in [4.69, 9.17) is 32.7 Å². The number of hydrogen-bond acceptors (Lipinski definition) is 5. The van der Waals surface area contributed by atoms with Crippen LogP contribution in [0.4, 0.5) is 0 Å². The predicted molar refractivity (Wildman–Crippen MR) is 104 cm³/mol. The molecule has 27 heavy (non-hydrogen) atoms. The molecule has 146 valence electrons. The second-order valence-electron chi connectivity index (χ2n) is 6.14. The third-order valence-electron chi connectivity index (χ3n) is 4.67. The molecule has 2 aromatic rings. The Morgan fingerprint density at radius 3 is 2.22 bits per heavy atom. The molecular formula is C18H19Cl2NO5S. The van der Waals surface area contributed by atoms with Crippen molar-refractivity contribution in [3.8, 4) is 11.5 Å². The summed E-state index contributed by atoms with van der Waals surface area (Å²) in [5, 5.41) is 4.22. The average Bonchev–Trinajstić information content (AvgIpc) is 2.87. The van der Waals surface area contributed by atoms with E-state index in [9.17, 15) is 13.0 Å². The highest BCUT2D eigenvalue weighted by Crippen LogP contribution is 2.49. The largest absolute Gasteiger partial charge is 0.491 e. The first kappa shape index (κ1) is 20.2. The Labute approximate surface area is 168 Å². The molecule has 0 spiro atoms. The van der Waals surface area contributed by atoms with Crippen LogP contribution in [0, 0.1) is 0 Å². The van der Waals surface area contributed by atoms with Crippen LogP contribution in [0.5, 0.6) is 11.5 Å². The third kappa shape index (κ3) is 3.75. The van der Waals surface area contributed by atoms with Gasteiger partial charge in [0.2, 0.25) is 0 Å². The third-order valence-corrected chi connectivity index (χ3v) is 6.31. The van der Waals surface area contributed by atoms with Crippen LogP contribution in [0.3, 0.4) is 0 Å². The van der Waals surface area contributed by atoms with E-state index < -0.39 is 10.1 Å². The topological polar surface area (TPSA) is 84.9 Å². The summed E-state index contributed by atoms with van der Waals surface area (Å²) in [6.07, 6.45) is 0.661. The first-order valence-electron chi connectivity index (χ1n) is 8.19. The Hall–Kier alpha value is -1.51. The highest BCUT2D eigenvalue weighted by atomic mass is 35.5. The zero-order valence-electron chi connectivity index (χ0n) is 14.8.